The largest absolute Gasteiger partial charge is 0.368 e. The Morgan fingerprint density at radius 2 is 1.75 bits per heavy atom. The number of rotatable bonds is 3. The van der Waals surface area contributed by atoms with Gasteiger partial charge in [0.15, 0.2) is 0 Å². The second-order valence-electron chi connectivity index (χ2n) is 6.06. The molecule has 0 radical (unpaired) electrons. The zero-order valence-corrected chi connectivity index (χ0v) is 14.4. The molecule has 3 rings (SSSR count). The first-order valence-corrected chi connectivity index (χ1v) is 8.44. The quantitative estimate of drug-likeness (QED) is 0.846. The van der Waals surface area contributed by atoms with Crippen LogP contribution in [0.5, 0.6) is 0 Å². The molecule has 1 aliphatic heterocycles. The van der Waals surface area contributed by atoms with Crippen molar-refractivity contribution in [1.29, 1.82) is 0 Å². The molecule has 5 heteroatoms. The Labute approximate surface area is 146 Å². The SMILES string of the molecule is Cc1c(Cl)cccc1N1CCN(C(=O)Cc2ccc(F)cc2)CC1. The van der Waals surface area contributed by atoms with Crippen molar-refractivity contribution in [2.24, 2.45) is 0 Å². The average Bonchev–Trinajstić information content (AvgIpc) is 2.59. The highest BCUT2D eigenvalue weighted by Crippen LogP contribution is 2.27. The maximum absolute atomic E-state index is 12.9. The number of hydrogen-bond acceptors (Lipinski definition) is 2. The second kappa shape index (κ2) is 7.22. The minimum absolute atomic E-state index is 0.0871. The van der Waals surface area contributed by atoms with Gasteiger partial charge in [-0.1, -0.05) is 29.8 Å². The lowest BCUT2D eigenvalue weighted by Gasteiger charge is -2.37. The van der Waals surface area contributed by atoms with Crippen LogP contribution < -0.4 is 4.90 Å². The van der Waals surface area contributed by atoms with Crippen LogP contribution >= 0.6 is 11.6 Å². The fourth-order valence-corrected chi connectivity index (χ4v) is 3.19. The van der Waals surface area contributed by atoms with E-state index in [9.17, 15) is 9.18 Å². The first-order valence-electron chi connectivity index (χ1n) is 8.07. The van der Waals surface area contributed by atoms with Crippen molar-refractivity contribution in [2.75, 3.05) is 31.1 Å². The Kier molecular flexibility index (Phi) is 5.05. The van der Waals surface area contributed by atoms with Gasteiger partial charge in [0.1, 0.15) is 5.82 Å². The van der Waals surface area contributed by atoms with Gasteiger partial charge in [-0.05, 0) is 42.3 Å². The fraction of sp³-hybridized carbons (Fsp3) is 0.316. The molecule has 0 saturated carbocycles. The molecule has 2 aromatic carbocycles. The normalized spacial score (nSPS) is 14.8. The summed E-state index contributed by atoms with van der Waals surface area (Å²) in [6.45, 7) is 4.97. The topological polar surface area (TPSA) is 23.6 Å². The molecule has 0 aromatic heterocycles. The van der Waals surface area contributed by atoms with Crippen molar-refractivity contribution in [3.05, 3.63) is 64.4 Å². The number of anilines is 1. The summed E-state index contributed by atoms with van der Waals surface area (Å²) in [5.41, 5.74) is 3.05. The summed E-state index contributed by atoms with van der Waals surface area (Å²) in [6, 6.07) is 12.0. The molecule has 0 N–H and O–H groups in total. The lowest BCUT2D eigenvalue weighted by molar-refractivity contribution is -0.130. The van der Waals surface area contributed by atoms with Crippen molar-refractivity contribution in [3.63, 3.8) is 0 Å². The Hall–Kier alpha value is -2.07. The zero-order chi connectivity index (χ0) is 17.1. The van der Waals surface area contributed by atoms with Gasteiger partial charge in [-0.3, -0.25) is 4.79 Å². The summed E-state index contributed by atoms with van der Waals surface area (Å²) in [7, 11) is 0. The van der Waals surface area contributed by atoms with Crippen molar-refractivity contribution in [3.8, 4) is 0 Å². The molecule has 1 amide bonds. The third kappa shape index (κ3) is 3.70. The Morgan fingerprint density at radius 3 is 2.42 bits per heavy atom. The van der Waals surface area contributed by atoms with Crippen LogP contribution in [0.4, 0.5) is 10.1 Å². The van der Waals surface area contributed by atoms with Crippen LogP contribution in [0, 0.1) is 12.7 Å². The molecule has 2 aromatic rings. The number of benzene rings is 2. The van der Waals surface area contributed by atoms with Crippen LogP contribution in [0.3, 0.4) is 0 Å². The van der Waals surface area contributed by atoms with E-state index >= 15 is 0 Å². The molecule has 126 valence electrons. The molecule has 1 saturated heterocycles. The van der Waals surface area contributed by atoms with E-state index < -0.39 is 0 Å². The van der Waals surface area contributed by atoms with E-state index in [0.717, 1.165) is 34.9 Å². The standard InChI is InChI=1S/C19H20ClFN2O/c1-14-17(20)3-2-4-18(14)22-9-11-23(12-10-22)19(24)13-15-5-7-16(21)8-6-15/h2-8H,9-13H2,1H3. The van der Waals surface area contributed by atoms with Crippen molar-refractivity contribution < 1.29 is 9.18 Å². The first-order chi connectivity index (χ1) is 11.5. The molecule has 24 heavy (non-hydrogen) atoms. The summed E-state index contributed by atoms with van der Waals surface area (Å²) >= 11 is 6.20. The van der Waals surface area contributed by atoms with Crippen molar-refractivity contribution in [1.82, 2.24) is 4.90 Å². The third-order valence-electron chi connectivity index (χ3n) is 4.48. The average molecular weight is 347 g/mol. The number of hydrogen-bond donors (Lipinski definition) is 0. The van der Waals surface area contributed by atoms with Gasteiger partial charge in [0.25, 0.3) is 0 Å². The molecule has 1 heterocycles. The highest BCUT2D eigenvalue weighted by Gasteiger charge is 2.22. The van der Waals surface area contributed by atoms with Gasteiger partial charge in [-0.25, -0.2) is 4.39 Å². The van der Waals surface area contributed by atoms with Gasteiger partial charge < -0.3 is 9.80 Å². The molecule has 0 unspecified atom stereocenters. The monoisotopic (exact) mass is 346 g/mol. The van der Waals surface area contributed by atoms with Crippen LogP contribution in [0.2, 0.25) is 5.02 Å². The number of carbonyl (C=O) groups is 1. The molecule has 0 bridgehead atoms. The fourth-order valence-electron chi connectivity index (χ4n) is 3.02. The highest BCUT2D eigenvalue weighted by atomic mass is 35.5. The summed E-state index contributed by atoms with van der Waals surface area (Å²) in [5.74, 6) is -0.194. The lowest BCUT2D eigenvalue weighted by Crippen LogP contribution is -2.49. The predicted molar refractivity (Wildman–Crippen MR) is 95.1 cm³/mol. The van der Waals surface area contributed by atoms with Gasteiger partial charge in [-0.2, -0.15) is 0 Å². The second-order valence-corrected chi connectivity index (χ2v) is 6.46. The number of amides is 1. The van der Waals surface area contributed by atoms with Crippen molar-refractivity contribution >= 4 is 23.2 Å². The maximum Gasteiger partial charge on any atom is 0.227 e. The van der Waals surface area contributed by atoms with Gasteiger partial charge in [-0.15, -0.1) is 0 Å². The number of carbonyl (C=O) groups excluding carboxylic acids is 1. The molecule has 1 aliphatic rings. The summed E-state index contributed by atoms with van der Waals surface area (Å²) in [6.07, 6.45) is 0.316. The molecular weight excluding hydrogens is 327 g/mol. The van der Waals surface area contributed by atoms with Crippen LogP contribution in [0.15, 0.2) is 42.5 Å². The van der Waals surface area contributed by atoms with E-state index in [4.69, 9.17) is 11.6 Å². The third-order valence-corrected chi connectivity index (χ3v) is 4.89. The minimum atomic E-state index is -0.281. The van der Waals surface area contributed by atoms with Gasteiger partial charge in [0, 0.05) is 36.9 Å². The number of halogens is 2. The van der Waals surface area contributed by atoms with Crippen LogP contribution in [-0.2, 0) is 11.2 Å². The summed E-state index contributed by atoms with van der Waals surface area (Å²) in [4.78, 5) is 16.6. The molecule has 0 aliphatic carbocycles. The number of nitrogens with zero attached hydrogens (tertiary/aromatic N) is 2. The summed E-state index contributed by atoms with van der Waals surface area (Å²) in [5, 5.41) is 0.766. The number of piperazine rings is 1. The minimum Gasteiger partial charge on any atom is -0.368 e. The van der Waals surface area contributed by atoms with E-state index in [0.29, 0.717) is 19.5 Å². The molecule has 3 nitrogen and oxygen atoms in total. The lowest BCUT2D eigenvalue weighted by atomic mass is 10.1. The molecular formula is C19H20ClFN2O. The van der Waals surface area contributed by atoms with E-state index in [1.165, 1.54) is 12.1 Å². The summed E-state index contributed by atoms with van der Waals surface area (Å²) < 4.78 is 12.9. The van der Waals surface area contributed by atoms with Crippen LogP contribution in [0.25, 0.3) is 0 Å². The first kappa shape index (κ1) is 16.8. The van der Waals surface area contributed by atoms with Gasteiger partial charge in [0.05, 0.1) is 6.42 Å². The van der Waals surface area contributed by atoms with Gasteiger partial charge >= 0.3 is 0 Å². The Morgan fingerprint density at radius 1 is 1.08 bits per heavy atom. The van der Waals surface area contributed by atoms with E-state index in [1.807, 2.05) is 24.0 Å². The van der Waals surface area contributed by atoms with Gasteiger partial charge in [0.2, 0.25) is 5.91 Å². The van der Waals surface area contributed by atoms with E-state index in [-0.39, 0.29) is 11.7 Å². The van der Waals surface area contributed by atoms with Crippen LogP contribution in [-0.4, -0.2) is 37.0 Å². The maximum atomic E-state index is 12.9. The van der Waals surface area contributed by atoms with Crippen molar-refractivity contribution in [2.45, 2.75) is 13.3 Å². The van der Waals surface area contributed by atoms with E-state index in [2.05, 4.69) is 11.0 Å². The molecule has 1 fully saturated rings. The highest BCUT2D eigenvalue weighted by molar-refractivity contribution is 6.31. The van der Waals surface area contributed by atoms with E-state index in [1.54, 1.807) is 12.1 Å². The smallest absolute Gasteiger partial charge is 0.227 e. The Bertz CT molecular complexity index is 725. The van der Waals surface area contributed by atoms with Crippen LogP contribution in [0.1, 0.15) is 11.1 Å². The zero-order valence-electron chi connectivity index (χ0n) is 13.6. The molecule has 0 spiro atoms. The molecule has 0 atom stereocenters. The predicted octanol–water partition coefficient (Wildman–Crippen LogP) is 3.68. The Balaban J connectivity index is 1.59.